The highest BCUT2D eigenvalue weighted by molar-refractivity contribution is 5.93. The van der Waals surface area contributed by atoms with Gasteiger partial charge in [-0.25, -0.2) is 0 Å². The number of hydrogen-bond acceptors (Lipinski definition) is 5. The molecule has 122 valence electrons. The molecule has 0 aliphatic carbocycles. The Morgan fingerprint density at radius 1 is 1.43 bits per heavy atom. The largest absolute Gasteiger partial charge is 0.381 e. The van der Waals surface area contributed by atoms with Gasteiger partial charge in [-0.15, -0.1) is 0 Å². The number of nitrogens with zero attached hydrogens (tertiary/aromatic N) is 3. The van der Waals surface area contributed by atoms with Crippen LogP contribution in [0.2, 0.25) is 0 Å². The lowest BCUT2D eigenvalue weighted by Crippen LogP contribution is -2.21. The molecule has 0 unspecified atom stereocenters. The Kier molecular flexibility index (Phi) is 4.43. The third-order valence-electron chi connectivity index (χ3n) is 4.29. The van der Waals surface area contributed by atoms with Crippen molar-refractivity contribution in [3.8, 4) is 0 Å². The van der Waals surface area contributed by atoms with Crippen LogP contribution in [-0.2, 0) is 4.74 Å². The number of nitro groups is 1. The predicted octanol–water partition coefficient (Wildman–Crippen LogP) is 3.31. The third kappa shape index (κ3) is 3.27. The van der Waals surface area contributed by atoms with Crippen LogP contribution >= 0.6 is 0 Å². The van der Waals surface area contributed by atoms with E-state index in [2.05, 4.69) is 9.88 Å². The van der Waals surface area contributed by atoms with Gasteiger partial charge in [-0.1, -0.05) is 0 Å². The summed E-state index contributed by atoms with van der Waals surface area (Å²) >= 11 is 0. The van der Waals surface area contributed by atoms with Gasteiger partial charge in [-0.05, 0) is 32.4 Å². The van der Waals surface area contributed by atoms with Crippen molar-refractivity contribution in [1.29, 1.82) is 0 Å². The first-order valence-corrected chi connectivity index (χ1v) is 7.97. The van der Waals surface area contributed by atoms with Crippen molar-refractivity contribution in [2.75, 3.05) is 31.2 Å². The van der Waals surface area contributed by atoms with Crippen LogP contribution in [0.25, 0.3) is 10.9 Å². The van der Waals surface area contributed by atoms with Gasteiger partial charge in [0.2, 0.25) is 0 Å². The monoisotopic (exact) mass is 315 g/mol. The number of aryl methyl sites for hydroxylation is 1. The quantitative estimate of drug-likeness (QED) is 0.625. The number of non-ortho nitro benzene ring substituents is 1. The second-order valence-electron chi connectivity index (χ2n) is 6.00. The van der Waals surface area contributed by atoms with E-state index in [4.69, 9.17) is 4.74 Å². The van der Waals surface area contributed by atoms with Gasteiger partial charge in [0.05, 0.1) is 17.0 Å². The molecule has 1 aliphatic rings. The van der Waals surface area contributed by atoms with Gasteiger partial charge in [0.25, 0.3) is 5.69 Å². The van der Waals surface area contributed by atoms with E-state index in [1.165, 1.54) is 6.07 Å². The van der Waals surface area contributed by atoms with Crippen molar-refractivity contribution in [1.82, 2.24) is 4.98 Å². The average Bonchev–Trinajstić information content (AvgIpc) is 3.00. The summed E-state index contributed by atoms with van der Waals surface area (Å²) in [5, 5.41) is 11.9. The highest BCUT2D eigenvalue weighted by Gasteiger charge is 2.25. The lowest BCUT2D eigenvalue weighted by molar-refractivity contribution is -0.384. The van der Waals surface area contributed by atoms with E-state index in [0.29, 0.717) is 5.92 Å². The summed E-state index contributed by atoms with van der Waals surface area (Å²) in [7, 11) is 0. The molecule has 6 heteroatoms. The minimum Gasteiger partial charge on any atom is -0.381 e. The normalized spacial score (nSPS) is 17.8. The van der Waals surface area contributed by atoms with Crippen LogP contribution in [0.1, 0.15) is 19.0 Å². The fourth-order valence-corrected chi connectivity index (χ4v) is 3.17. The molecule has 1 aliphatic heterocycles. The number of rotatable bonds is 5. The molecule has 0 saturated carbocycles. The third-order valence-corrected chi connectivity index (χ3v) is 4.29. The number of nitro benzene ring substituents is 1. The zero-order valence-corrected chi connectivity index (χ0v) is 13.5. The van der Waals surface area contributed by atoms with Crippen molar-refractivity contribution in [2.45, 2.75) is 20.3 Å². The molecule has 2 heterocycles. The first-order valence-electron chi connectivity index (χ1n) is 7.97. The van der Waals surface area contributed by atoms with Crippen molar-refractivity contribution in [3.63, 3.8) is 0 Å². The molecule has 0 bridgehead atoms. The molecule has 2 aromatic rings. The van der Waals surface area contributed by atoms with Crippen LogP contribution < -0.4 is 4.90 Å². The van der Waals surface area contributed by atoms with E-state index >= 15 is 0 Å². The first kappa shape index (κ1) is 15.7. The molecule has 6 nitrogen and oxygen atoms in total. The summed E-state index contributed by atoms with van der Waals surface area (Å²) in [6.07, 6.45) is 1.08. The fourth-order valence-electron chi connectivity index (χ4n) is 3.17. The second-order valence-corrected chi connectivity index (χ2v) is 6.00. The minimum absolute atomic E-state index is 0.106. The van der Waals surface area contributed by atoms with Crippen molar-refractivity contribution < 1.29 is 9.66 Å². The first-order chi connectivity index (χ1) is 11.1. The molecule has 0 N–H and O–H groups in total. The Hall–Kier alpha value is -2.21. The Balaban J connectivity index is 1.96. The van der Waals surface area contributed by atoms with Crippen molar-refractivity contribution in [3.05, 3.63) is 40.1 Å². The average molecular weight is 315 g/mol. The number of benzene rings is 1. The smallest absolute Gasteiger partial charge is 0.270 e. The van der Waals surface area contributed by atoms with Gasteiger partial charge in [0, 0.05) is 54.5 Å². The number of hydrogen-bond donors (Lipinski definition) is 0. The van der Waals surface area contributed by atoms with Gasteiger partial charge >= 0.3 is 0 Å². The van der Waals surface area contributed by atoms with E-state index in [-0.39, 0.29) is 10.6 Å². The molecule has 0 amide bonds. The summed E-state index contributed by atoms with van der Waals surface area (Å²) in [5.41, 5.74) is 2.87. The van der Waals surface area contributed by atoms with Gasteiger partial charge in [-0.3, -0.25) is 15.1 Å². The number of anilines is 1. The Morgan fingerprint density at radius 2 is 2.26 bits per heavy atom. The van der Waals surface area contributed by atoms with Crippen LogP contribution in [-0.4, -0.2) is 36.2 Å². The van der Waals surface area contributed by atoms with Gasteiger partial charge in [0.15, 0.2) is 0 Å². The van der Waals surface area contributed by atoms with Crippen LogP contribution in [0.4, 0.5) is 11.4 Å². The fraction of sp³-hybridized carbons (Fsp3) is 0.471. The number of aromatic nitrogens is 1. The molecular weight excluding hydrogens is 294 g/mol. The summed E-state index contributed by atoms with van der Waals surface area (Å²) in [6, 6.07) is 6.90. The SMILES string of the molecule is CCOC[C@H]1CCN(c2cc(C)nc3ccc([N+](=O)[O-])cc23)C1. The maximum atomic E-state index is 11.1. The minimum atomic E-state index is -0.356. The van der Waals surface area contributed by atoms with E-state index in [9.17, 15) is 10.1 Å². The van der Waals surface area contributed by atoms with Crippen molar-refractivity contribution >= 4 is 22.3 Å². The lowest BCUT2D eigenvalue weighted by Gasteiger charge is -2.21. The molecule has 1 saturated heterocycles. The van der Waals surface area contributed by atoms with E-state index in [1.54, 1.807) is 12.1 Å². The predicted molar refractivity (Wildman–Crippen MR) is 89.9 cm³/mol. The Labute approximate surface area is 135 Å². The number of ether oxygens (including phenoxy) is 1. The van der Waals surface area contributed by atoms with Crippen LogP contribution in [0.3, 0.4) is 0 Å². The summed E-state index contributed by atoms with van der Waals surface area (Å²) in [5.74, 6) is 0.511. The highest BCUT2D eigenvalue weighted by atomic mass is 16.6. The Morgan fingerprint density at radius 3 is 3.00 bits per heavy atom. The molecule has 23 heavy (non-hydrogen) atoms. The molecule has 0 spiro atoms. The zero-order chi connectivity index (χ0) is 16.4. The molecule has 1 aromatic carbocycles. The second kappa shape index (κ2) is 6.50. The van der Waals surface area contributed by atoms with Crippen LogP contribution in [0.5, 0.6) is 0 Å². The maximum absolute atomic E-state index is 11.1. The van der Waals surface area contributed by atoms with Crippen LogP contribution in [0, 0.1) is 23.0 Å². The summed E-state index contributed by atoms with van der Waals surface area (Å²) in [4.78, 5) is 17.5. The molecule has 3 rings (SSSR count). The zero-order valence-electron chi connectivity index (χ0n) is 13.5. The van der Waals surface area contributed by atoms with Gasteiger partial charge in [0.1, 0.15) is 0 Å². The molecule has 1 aromatic heterocycles. The highest BCUT2D eigenvalue weighted by Crippen LogP contribution is 2.33. The number of pyridine rings is 1. The molecule has 1 fully saturated rings. The van der Waals surface area contributed by atoms with Gasteiger partial charge in [-0.2, -0.15) is 0 Å². The van der Waals surface area contributed by atoms with E-state index in [1.807, 2.05) is 19.9 Å². The standard InChI is InChI=1S/C17H21N3O3/c1-3-23-11-13-6-7-19(10-13)17-8-12(2)18-16-5-4-14(20(21)22)9-15(16)17/h4-5,8-9,13H,3,6-7,10-11H2,1-2H3/t13-/m0/s1. The van der Waals surface area contributed by atoms with E-state index < -0.39 is 0 Å². The Bertz CT molecular complexity index is 732. The maximum Gasteiger partial charge on any atom is 0.270 e. The van der Waals surface area contributed by atoms with Crippen molar-refractivity contribution in [2.24, 2.45) is 5.92 Å². The topological polar surface area (TPSA) is 68.5 Å². The molecule has 0 radical (unpaired) electrons. The summed E-state index contributed by atoms with van der Waals surface area (Å²) in [6.45, 7) is 7.33. The number of fused-ring (bicyclic) bond motifs is 1. The summed E-state index contributed by atoms with van der Waals surface area (Å²) < 4.78 is 5.54. The van der Waals surface area contributed by atoms with E-state index in [0.717, 1.165) is 55.0 Å². The lowest BCUT2D eigenvalue weighted by atomic mass is 10.1. The van der Waals surface area contributed by atoms with Gasteiger partial charge < -0.3 is 9.64 Å². The molecular formula is C17H21N3O3. The van der Waals surface area contributed by atoms with Crippen LogP contribution in [0.15, 0.2) is 24.3 Å². The molecule has 1 atom stereocenters.